The van der Waals surface area contributed by atoms with Crippen LogP contribution in [0.2, 0.25) is 0 Å². The Morgan fingerprint density at radius 3 is 2.60 bits per heavy atom. The minimum absolute atomic E-state index is 0.348. The molecule has 2 atom stereocenters. The van der Waals surface area contributed by atoms with Gasteiger partial charge in [0.15, 0.2) is 11.1 Å². The Kier molecular flexibility index (Phi) is 2.07. The summed E-state index contributed by atoms with van der Waals surface area (Å²) < 4.78 is 47.4. The Morgan fingerprint density at radius 1 is 1.60 bits per heavy atom. The second kappa shape index (κ2) is 2.55. The van der Waals surface area contributed by atoms with E-state index in [4.69, 9.17) is 0 Å². The summed E-state index contributed by atoms with van der Waals surface area (Å²) in [5.74, 6) is -1.03. The van der Waals surface area contributed by atoms with Crippen LogP contribution < -0.4 is 0 Å². The minimum atomic E-state index is -3.86. The lowest BCUT2D eigenvalue weighted by Gasteiger charge is -2.13. The molecule has 0 radical (unpaired) electrons. The van der Waals surface area contributed by atoms with Crippen molar-refractivity contribution in [3.05, 3.63) is 0 Å². The van der Waals surface area contributed by atoms with Gasteiger partial charge in [0.2, 0.25) is 0 Å². The van der Waals surface area contributed by atoms with Crippen molar-refractivity contribution < 1.29 is 20.6 Å². The van der Waals surface area contributed by atoms with Crippen LogP contribution in [0.4, 0.5) is 4.39 Å². The first kappa shape index (κ1) is 8.09. The standard InChI is InChI=1S/C3H5FO4S2/c4-3-1-9(5)8-10(6,7)2-3/h3H,1-2H2. The number of hydrogen-bond acceptors (Lipinski definition) is 4. The van der Waals surface area contributed by atoms with Gasteiger partial charge in [-0.2, -0.15) is 12.0 Å². The zero-order valence-corrected chi connectivity index (χ0v) is 6.45. The van der Waals surface area contributed by atoms with Crippen LogP contribution in [0, 0.1) is 0 Å². The molecule has 7 heteroatoms. The minimum Gasteiger partial charge on any atom is -0.245 e. The van der Waals surface area contributed by atoms with Crippen LogP contribution in [0.3, 0.4) is 0 Å². The summed E-state index contributed by atoms with van der Waals surface area (Å²) in [6.07, 6.45) is -1.56. The van der Waals surface area contributed by atoms with Crippen LogP contribution in [0.15, 0.2) is 0 Å². The van der Waals surface area contributed by atoms with Gasteiger partial charge in [-0.15, -0.1) is 0 Å². The van der Waals surface area contributed by atoms with Crippen LogP contribution >= 0.6 is 0 Å². The van der Waals surface area contributed by atoms with E-state index in [1.54, 1.807) is 0 Å². The molecule has 1 saturated heterocycles. The molecule has 0 aliphatic carbocycles. The molecule has 0 aromatic rings. The molecule has 1 aliphatic heterocycles. The third kappa shape index (κ3) is 1.99. The molecule has 0 amide bonds. The van der Waals surface area contributed by atoms with E-state index in [9.17, 15) is 17.0 Å². The van der Waals surface area contributed by atoms with Crippen LogP contribution in [-0.4, -0.2) is 30.3 Å². The van der Waals surface area contributed by atoms with Crippen molar-refractivity contribution in [1.82, 2.24) is 0 Å². The van der Waals surface area contributed by atoms with E-state index >= 15 is 0 Å². The van der Waals surface area contributed by atoms with Crippen LogP contribution in [0.5, 0.6) is 0 Å². The third-order valence-corrected chi connectivity index (χ3v) is 3.72. The summed E-state index contributed by atoms with van der Waals surface area (Å²) in [7, 11) is -3.86. The molecule has 4 nitrogen and oxygen atoms in total. The Bertz CT molecular complexity index is 245. The predicted octanol–water partition coefficient (Wildman–Crippen LogP) is -0.652. The molecule has 1 heterocycles. The smallest absolute Gasteiger partial charge is 0.245 e. The van der Waals surface area contributed by atoms with Crippen molar-refractivity contribution in [3.63, 3.8) is 0 Å². The second-order valence-electron chi connectivity index (χ2n) is 1.86. The summed E-state index contributed by atoms with van der Waals surface area (Å²) in [6.45, 7) is 0. The molecule has 1 rings (SSSR count). The van der Waals surface area contributed by atoms with Gasteiger partial charge in [0, 0.05) is 0 Å². The normalized spacial score (nSPS) is 39.3. The maximum absolute atomic E-state index is 12.3. The van der Waals surface area contributed by atoms with Gasteiger partial charge in [0.25, 0.3) is 10.1 Å². The van der Waals surface area contributed by atoms with Gasteiger partial charge in [0.1, 0.15) is 11.9 Å². The largest absolute Gasteiger partial charge is 0.283 e. The number of rotatable bonds is 0. The fourth-order valence-electron chi connectivity index (χ4n) is 0.588. The Morgan fingerprint density at radius 2 is 2.20 bits per heavy atom. The first-order chi connectivity index (χ1) is 4.49. The fourth-order valence-corrected chi connectivity index (χ4v) is 3.08. The molecular weight excluding hydrogens is 183 g/mol. The summed E-state index contributed by atoms with van der Waals surface area (Å²) >= 11 is -2.00. The van der Waals surface area contributed by atoms with E-state index in [1.807, 2.05) is 0 Å². The van der Waals surface area contributed by atoms with Crippen molar-refractivity contribution >= 4 is 21.2 Å². The molecule has 0 saturated carbocycles. The molecule has 0 N–H and O–H groups in total. The number of hydrogen-bond donors (Lipinski definition) is 0. The second-order valence-corrected chi connectivity index (χ2v) is 4.79. The Hall–Kier alpha value is -0.0100. The van der Waals surface area contributed by atoms with E-state index in [1.165, 1.54) is 0 Å². The lowest BCUT2D eigenvalue weighted by Crippen LogP contribution is -2.31. The lowest BCUT2D eigenvalue weighted by molar-refractivity contribution is 0.367. The molecule has 1 aliphatic rings. The van der Waals surface area contributed by atoms with Crippen molar-refractivity contribution in [1.29, 1.82) is 0 Å². The summed E-state index contributed by atoms with van der Waals surface area (Å²) in [5.41, 5.74) is 0. The third-order valence-electron chi connectivity index (χ3n) is 0.881. The average Bonchev–Trinajstić information content (AvgIpc) is 1.54. The van der Waals surface area contributed by atoms with Crippen molar-refractivity contribution in [2.45, 2.75) is 6.17 Å². The molecular formula is C3H5FO4S2. The van der Waals surface area contributed by atoms with E-state index in [-0.39, 0.29) is 5.75 Å². The van der Waals surface area contributed by atoms with E-state index in [2.05, 4.69) is 3.63 Å². The molecule has 60 valence electrons. The van der Waals surface area contributed by atoms with Crippen molar-refractivity contribution in [3.8, 4) is 0 Å². The molecule has 1 fully saturated rings. The fraction of sp³-hybridized carbons (Fsp3) is 1.00. The van der Waals surface area contributed by atoms with E-state index in [0.29, 0.717) is 0 Å². The van der Waals surface area contributed by atoms with Gasteiger partial charge in [0.05, 0.1) is 5.75 Å². The topological polar surface area (TPSA) is 60.4 Å². The molecule has 2 unspecified atom stereocenters. The Labute approximate surface area is 60.2 Å². The monoisotopic (exact) mass is 188 g/mol. The van der Waals surface area contributed by atoms with Gasteiger partial charge in [-0.1, -0.05) is 0 Å². The number of alkyl halides is 1. The van der Waals surface area contributed by atoms with Crippen molar-refractivity contribution in [2.75, 3.05) is 11.5 Å². The Balaban J connectivity index is 2.79. The maximum atomic E-state index is 12.3. The molecule has 0 aromatic carbocycles. The summed E-state index contributed by atoms with van der Waals surface area (Å²) in [5, 5.41) is 0. The van der Waals surface area contributed by atoms with Gasteiger partial charge in [-0.05, 0) is 0 Å². The van der Waals surface area contributed by atoms with Crippen molar-refractivity contribution in [2.24, 2.45) is 0 Å². The zero-order valence-electron chi connectivity index (χ0n) is 4.82. The van der Waals surface area contributed by atoms with Gasteiger partial charge < -0.3 is 0 Å². The molecule has 0 bridgehead atoms. The highest BCUT2D eigenvalue weighted by Gasteiger charge is 2.30. The first-order valence-corrected chi connectivity index (χ1v) is 5.27. The van der Waals surface area contributed by atoms with Gasteiger partial charge in [-0.3, -0.25) is 0 Å². The first-order valence-electron chi connectivity index (χ1n) is 2.45. The highest BCUT2D eigenvalue weighted by Crippen LogP contribution is 2.11. The molecule has 0 aromatic heterocycles. The van der Waals surface area contributed by atoms with Crippen LogP contribution in [-0.2, 0) is 24.8 Å². The quantitative estimate of drug-likeness (QED) is 0.506. The summed E-state index contributed by atoms with van der Waals surface area (Å²) in [4.78, 5) is 0. The van der Waals surface area contributed by atoms with E-state index in [0.717, 1.165) is 0 Å². The zero-order chi connectivity index (χ0) is 7.78. The van der Waals surface area contributed by atoms with Gasteiger partial charge >= 0.3 is 0 Å². The van der Waals surface area contributed by atoms with Crippen LogP contribution in [0.1, 0.15) is 0 Å². The maximum Gasteiger partial charge on any atom is 0.283 e. The average molecular weight is 188 g/mol. The SMILES string of the molecule is O=S1CC(F)CS(=O)(=O)O1. The highest BCUT2D eigenvalue weighted by molar-refractivity contribution is 7.97. The summed E-state index contributed by atoms with van der Waals surface area (Å²) in [6, 6.07) is 0. The molecule has 10 heavy (non-hydrogen) atoms. The van der Waals surface area contributed by atoms with Gasteiger partial charge in [-0.25, -0.2) is 8.60 Å². The lowest BCUT2D eigenvalue weighted by atomic mass is 10.5. The highest BCUT2D eigenvalue weighted by atomic mass is 32.3. The number of halogens is 1. The molecule has 0 spiro atoms. The van der Waals surface area contributed by atoms with E-state index < -0.39 is 33.1 Å². The predicted molar refractivity (Wildman–Crippen MR) is 32.8 cm³/mol. The van der Waals surface area contributed by atoms with Crippen LogP contribution in [0.25, 0.3) is 0 Å².